The van der Waals surface area contributed by atoms with Gasteiger partial charge in [0.15, 0.2) is 0 Å². The molecule has 2 atom stereocenters. The fourth-order valence-corrected chi connectivity index (χ4v) is 5.58. The Morgan fingerprint density at radius 2 is 2.05 bits per heavy atom. The number of sulfonamides is 1. The van der Waals surface area contributed by atoms with Crippen molar-refractivity contribution in [2.24, 2.45) is 0 Å². The minimum atomic E-state index is -3.48. The molecule has 2 unspecified atom stereocenters. The van der Waals surface area contributed by atoms with E-state index in [1.54, 1.807) is 22.5 Å². The molecule has 0 radical (unpaired) electrons. The van der Waals surface area contributed by atoms with E-state index >= 15 is 0 Å². The van der Waals surface area contributed by atoms with E-state index in [2.05, 4.69) is 21.2 Å². The molecule has 21 heavy (non-hydrogen) atoms. The highest BCUT2D eigenvalue weighted by atomic mass is 79.9. The van der Waals surface area contributed by atoms with Gasteiger partial charge < -0.3 is 10.1 Å². The van der Waals surface area contributed by atoms with Gasteiger partial charge in [0.25, 0.3) is 0 Å². The Labute approximate surface area is 133 Å². The molecule has 0 aliphatic carbocycles. The molecule has 1 aromatic carbocycles. The van der Waals surface area contributed by atoms with E-state index in [4.69, 9.17) is 4.74 Å². The minimum Gasteiger partial charge on any atom is -0.496 e. The molecule has 0 amide bonds. The van der Waals surface area contributed by atoms with Crippen molar-refractivity contribution in [3.8, 4) is 5.75 Å². The largest absolute Gasteiger partial charge is 0.496 e. The Kier molecular flexibility index (Phi) is 4.27. The lowest BCUT2D eigenvalue weighted by atomic mass is 10.1. The number of hydrogen-bond donors (Lipinski definition) is 1. The van der Waals surface area contributed by atoms with Crippen molar-refractivity contribution in [3.05, 3.63) is 22.7 Å². The molecule has 1 aromatic rings. The van der Waals surface area contributed by atoms with Crippen LogP contribution in [0.1, 0.15) is 19.3 Å². The summed E-state index contributed by atoms with van der Waals surface area (Å²) in [6, 6.07) is 5.14. The maximum atomic E-state index is 13.0. The molecule has 7 heteroatoms. The molecule has 2 fully saturated rings. The van der Waals surface area contributed by atoms with Crippen LogP contribution in [0.4, 0.5) is 0 Å². The Balaban J connectivity index is 2.00. The van der Waals surface area contributed by atoms with E-state index in [1.165, 1.54) is 7.11 Å². The monoisotopic (exact) mass is 374 g/mol. The van der Waals surface area contributed by atoms with E-state index in [-0.39, 0.29) is 12.1 Å². The van der Waals surface area contributed by atoms with Gasteiger partial charge >= 0.3 is 0 Å². The van der Waals surface area contributed by atoms with Gasteiger partial charge in [-0.1, -0.05) is 0 Å². The molecule has 5 nitrogen and oxygen atoms in total. The van der Waals surface area contributed by atoms with Crippen molar-refractivity contribution in [1.29, 1.82) is 0 Å². The summed E-state index contributed by atoms with van der Waals surface area (Å²) in [5.74, 6) is 0.538. The molecule has 0 saturated carbocycles. The predicted molar refractivity (Wildman–Crippen MR) is 84.0 cm³/mol. The van der Waals surface area contributed by atoms with Gasteiger partial charge in [0.05, 0.1) is 16.5 Å². The van der Waals surface area contributed by atoms with Gasteiger partial charge in [-0.2, -0.15) is 4.31 Å². The van der Waals surface area contributed by atoms with Crippen LogP contribution in [0.15, 0.2) is 27.6 Å². The zero-order valence-electron chi connectivity index (χ0n) is 11.9. The van der Waals surface area contributed by atoms with Crippen LogP contribution < -0.4 is 10.1 Å². The molecule has 1 N–H and O–H groups in total. The molecule has 116 valence electrons. The summed E-state index contributed by atoms with van der Waals surface area (Å²) in [6.07, 6.45) is 2.77. The molecule has 3 rings (SSSR count). The fourth-order valence-electron chi connectivity index (χ4n) is 3.25. The number of nitrogens with zero attached hydrogens (tertiary/aromatic N) is 1. The molecule has 2 heterocycles. The molecule has 2 aliphatic heterocycles. The SMILES string of the molecule is COc1cc(S(=O)(=O)N2C3CCNCC2CC3)ccc1Br. The smallest absolute Gasteiger partial charge is 0.243 e. The van der Waals surface area contributed by atoms with Crippen molar-refractivity contribution in [2.45, 2.75) is 36.2 Å². The van der Waals surface area contributed by atoms with Gasteiger partial charge in [0, 0.05) is 24.7 Å². The van der Waals surface area contributed by atoms with Crippen LogP contribution in [0.2, 0.25) is 0 Å². The first-order valence-electron chi connectivity index (χ1n) is 7.12. The van der Waals surface area contributed by atoms with Crippen LogP contribution >= 0.6 is 15.9 Å². The van der Waals surface area contributed by atoms with Crippen molar-refractivity contribution >= 4 is 26.0 Å². The Hall–Kier alpha value is -0.630. The van der Waals surface area contributed by atoms with Crippen molar-refractivity contribution in [1.82, 2.24) is 9.62 Å². The number of methoxy groups -OCH3 is 1. The summed E-state index contributed by atoms with van der Waals surface area (Å²) in [4.78, 5) is 0.307. The van der Waals surface area contributed by atoms with Gasteiger partial charge in [-0.25, -0.2) is 8.42 Å². The third-order valence-electron chi connectivity index (χ3n) is 4.29. The number of benzene rings is 1. The van der Waals surface area contributed by atoms with Crippen LogP contribution in [0, 0.1) is 0 Å². The first-order chi connectivity index (χ1) is 10.0. The van der Waals surface area contributed by atoms with Gasteiger partial charge in [-0.15, -0.1) is 0 Å². The van der Waals surface area contributed by atoms with E-state index in [9.17, 15) is 8.42 Å². The fraction of sp³-hybridized carbons (Fsp3) is 0.571. The predicted octanol–water partition coefficient (Wildman–Crippen LogP) is 1.97. The Bertz CT molecular complexity index is 621. The number of nitrogens with one attached hydrogen (secondary N) is 1. The van der Waals surface area contributed by atoms with Crippen LogP contribution in [0.25, 0.3) is 0 Å². The number of rotatable bonds is 3. The summed E-state index contributed by atoms with van der Waals surface area (Å²) in [7, 11) is -1.94. The third-order valence-corrected chi connectivity index (χ3v) is 6.94. The van der Waals surface area contributed by atoms with E-state index < -0.39 is 10.0 Å². The van der Waals surface area contributed by atoms with Gasteiger partial charge in [-0.05, 0) is 53.9 Å². The first kappa shape index (κ1) is 15.3. The maximum absolute atomic E-state index is 13.0. The molecule has 2 saturated heterocycles. The average Bonchev–Trinajstić information content (AvgIpc) is 2.73. The Morgan fingerprint density at radius 1 is 1.29 bits per heavy atom. The van der Waals surface area contributed by atoms with Crippen molar-refractivity contribution in [3.63, 3.8) is 0 Å². The first-order valence-corrected chi connectivity index (χ1v) is 9.35. The minimum absolute atomic E-state index is 0.0668. The number of halogens is 1. The molecule has 2 aliphatic rings. The highest BCUT2D eigenvalue weighted by Gasteiger charge is 2.43. The highest BCUT2D eigenvalue weighted by Crippen LogP contribution is 2.35. The van der Waals surface area contributed by atoms with Gasteiger partial charge in [-0.3, -0.25) is 0 Å². The summed E-state index contributed by atoms with van der Waals surface area (Å²) in [5.41, 5.74) is 0. The van der Waals surface area contributed by atoms with Crippen molar-refractivity contribution < 1.29 is 13.2 Å². The zero-order chi connectivity index (χ0) is 15.0. The third kappa shape index (κ3) is 2.72. The quantitative estimate of drug-likeness (QED) is 0.878. The molecule has 0 spiro atoms. The van der Waals surface area contributed by atoms with Crippen LogP contribution in [0.3, 0.4) is 0 Å². The summed E-state index contributed by atoms with van der Waals surface area (Å²) in [6.45, 7) is 1.63. The molecular weight excluding hydrogens is 356 g/mol. The molecular formula is C14H19BrN2O3S. The lowest BCUT2D eigenvalue weighted by Gasteiger charge is -2.27. The normalized spacial score (nSPS) is 26.6. The topological polar surface area (TPSA) is 58.6 Å². The number of ether oxygens (including phenoxy) is 1. The highest BCUT2D eigenvalue weighted by molar-refractivity contribution is 9.10. The lowest BCUT2D eigenvalue weighted by molar-refractivity contribution is 0.334. The Morgan fingerprint density at radius 3 is 2.81 bits per heavy atom. The molecule has 0 aromatic heterocycles. The second-order valence-electron chi connectivity index (χ2n) is 5.51. The van der Waals surface area contributed by atoms with Gasteiger partial charge in [0.2, 0.25) is 10.0 Å². The molecule has 2 bridgehead atoms. The van der Waals surface area contributed by atoms with Crippen molar-refractivity contribution in [2.75, 3.05) is 20.2 Å². The zero-order valence-corrected chi connectivity index (χ0v) is 14.3. The standard InChI is InChI=1S/C14H19BrN2O3S/c1-20-14-8-12(4-5-13(14)15)21(18,19)17-10-2-3-11(17)9-16-7-6-10/h4-5,8,10-11,16H,2-3,6-7,9H2,1H3. The van der Waals surface area contributed by atoms with E-state index in [1.807, 2.05) is 0 Å². The average molecular weight is 375 g/mol. The second kappa shape index (κ2) is 5.87. The summed E-state index contributed by atoms with van der Waals surface area (Å²) < 4.78 is 33.7. The lowest BCUT2D eigenvalue weighted by Crippen LogP contribution is -2.42. The van der Waals surface area contributed by atoms with Crippen LogP contribution in [-0.4, -0.2) is 45.0 Å². The van der Waals surface area contributed by atoms with E-state index in [0.717, 1.165) is 36.8 Å². The van der Waals surface area contributed by atoms with Crippen LogP contribution in [0.5, 0.6) is 5.75 Å². The van der Waals surface area contributed by atoms with Crippen LogP contribution in [-0.2, 0) is 10.0 Å². The van der Waals surface area contributed by atoms with E-state index in [0.29, 0.717) is 10.6 Å². The number of hydrogen-bond acceptors (Lipinski definition) is 4. The maximum Gasteiger partial charge on any atom is 0.243 e. The van der Waals surface area contributed by atoms with Gasteiger partial charge in [0.1, 0.15) is 5.75 Å². The second-order valence-corrected chi connectivity index (χ2v) is 8.21. The summed E-state index contributed by atoms with van der Waals surface area (Å²) >= 11 is 3.36. The summed E-state index contributed by atoms with van der Waals surface area (Å²) in [5, 5.41) is 3.33. The number of fused-ring (bicyclic) bond motifs is 2.